The second-order valence-corrected chi connectivity index (χ2v) is 2.80. The summed E-state index contributed by atoms with van der Waals surface area (Å²) in [5, 5.41) is 0. The molecule has 1 rings (SSSR count). The zero-order valence-electron chi connectivity index (χ0n) is 6.22. The molecule has 0 heterocycles. The van der Waals surface area contributed by atoms with Gasteiger partial charge in [-0.3, -0.25) is 9.59 Å². The van der Waals surface area contributed by atoms with Gasteiger partial charge in [0.2, 0.25) is 0 Å². The average molecular weight is 140 g/mol. The summed E-state index contributed by atoms with van der Waals surface area (Å²) in [6.07, 6.45) is 2.51. The third-order valence-corrected chi connectivity index (χ3v) is 2.05. The number of rotatable bonds is 2. The number of carbonyl (C=O) groups is 2. The quantitative estimate of drug-likeness (QED) is 0.580. The molecule has 0 N–H and O–H groups in total. The van der Waals surface area contributed by atoms with Gasteiger partial charge in [-0.15, -0.1) is 0 Å². The molecule has 1 unspecified atom stereocenters. The largest absolute Gasteiger partial charge is 0.300 e. The molecule has 0 radical (unpaired) electrons. The lowest BCUT2D eigenvalue weighted by atomic mass is 10.0. The smallest absolute Gasteiger partial charge is 0.136 e. The van der Waals surface area contributed by atoms with Gasteiger partial charge in [0.1, 0.15) is 11.6 Å². The van der Waals surface area contributed by atoms with Crippen LogP contribution in [0.3, 0.4) is 0 Å². The first-order valence-electron chi connectivity index (χ1n) is 3.78. The van der Waals surface area contributed by atoms with Gasteiger partial charge in [-0.1, -0.05) is 6.92 Å². The zero-order valence-corrected chi connectivity index (χ0v) is 6.22. The highest BCUT2D eigenvalue weighted by molar-refractivity contribution is 5.90. The minimum Gasteiger partial charge on any atom is -0.300 e. The Kier molecular flexibility index (Phi) is 2.20. The molecule has 1 aliphatic carbocycles. The molecule has 1 aliphatic rings. The molecule has 0 amide bonds. The van der Waals surface area contributed by atoms with E-state index in [-0.39, 0.29) is 17.5 Å². The maximum absolute atomic E-state index is 11.0. The van der Waals surface area contributed by atoms with E-state index in [0.717, 1.165) is 6.42 Å². The standard InChI is InChI=1S/C8H12O2/c1-2-8(10)6-3-4-7(9)5-6/h6H,2-5H2,1H3. The second-order valence-electron chi connectivity index (χ2n) is 2.80. The number of hydrogen-bond acceptors (Lipinski definition) is 2. The fraction of sp³-hybridized carbons (Fsp3) is 0.750. The predicted octanol–water partition coefficient (Wildman–Crippen LogP) is 1.33. The summed E-state index contributed by atoms with van der Waals surface area (Å²) in [5.74, 6) is 0.579. The Bertz CT molecular complexity index is 161. The van der Waals surface area contributed by atoms with E-state index >= 15 is 0 Å². The Labute approximate surface area is 60.6 Å². The monoisotopic (exact) mass is 140 g/mol. The molecule has 10 heavy (non-hydrogen) atoms. The molecule has 0 aromatic rings. The van der Waals surface area contributed by atoms with Gasteiger partial charge in [-0.25, -0.2) is 0 Å². The Hall–Kier alpha value is -0.660. The molecule has 1 atom stereocenters. The third kappa shape index (κ3) is 1.43. The topological polar surface area (TPSA) is 34.1 Å². The van der Waals surface area contributed by atoms with Crippen LogP contribution < -0.4 is 0 Å². The van der Waals surface area contributed by atoms with Gasteiger partial charge in [-0.05, 0) is 6.42 Å². The van der Waals surface area contributed by atoms with Crippen molar-refractivity contribution < 1.29 is 9.59 Å². The Morgan fingerprint density at radius 2 is 2.40 bits per heavy atom. The van der Waals surface area contributed by atoms with Gasteiger partial charge < -0.3 is 0 Å². The Morgan fingerprint density at radius 1 is 1.70 bits per heavy atom. The first-order valence-corrected chi connectivity index (χ1v) is 3.78. The highest BCUT2D eigenvalue weighted by Crippen LogP contribution is 2.23. The maximum atomic E-state index is 11.0. The van der Waals surface area contributed by atoms with E-state index in [1.54, 1.807) is 0 Å². The minimum absolute atomic E-state index is 0.0671. The summed E-state index contributed by atoms with van der Waals surface area (Å²) in [6, 6.07) is 0. The van der Waals surface area contributed by atoms with Crippen LogP contribution in [0, 0.1) is 5.92 Å². The van der Waals surface area contributed by atoms with Gasteiger partial charge >= 0.3 is 0 Å². The number of Topliss-reactive ketones (excluding diaryl/α,β-unsaturated/α-hetero) is 2. The number of hydrogen-bond donors (Lipinski definition) is 0. The molecule has 2 heteroatoms. The van der Waals surface area contributed by atoms with Crippen LogP contribution >= 0.6 is 0 Å². The van der Waals surface area contributed by atoms with Gasteiger partial charge in [0, 0.05) is 25.2 Å². The molecule has 1 saturated carbocycles. The van der Waals surface area contributed by atoms with Gasteiger partial charge in [0.15, 0.2) is 0 Å². The fourth-order valence-corrected chi connectivity index (χ4v) is 1.38. The van der Waals surface area contributed by atoms with Crippen LogP contribution in [0.25, 0.3) is 0 Å². The third-order valence-electron chi connectivity index (χ3n) is 2.05. The van der Waals surface area contributed by atoms with Gasteiger partial charge in [0.25, 0.3) is 0 Å². The molecule has 0 spiro atoms. The van der Waals surface area contributed by atoms with E-state index in [1.165, 1.54) is 0 Å². The molecular weight excluding hydrogens is 128 g/mol. The van der Waals surface area contributed by atoms with Gasteiger partial charge in [0.05, 0.1) is 0 Å². The van der Waals surface area contributed by atoms with Crippen molar-refractivity contribution in [2.75, 3.05) is 0 Å². The van der Waals surface area contributed by atoms with Crippen molar-refractivity contribution >= 4 is 11.6 Å². The minimum atomic E-state index is 0.0671. The van der Waals surface area contributed by atoms with E-state index in [9.17, 15) is 9.59 Å². The van der Waals surface area contributed by atoms with E-state index in [0.29, 0.717) is 19.3 Å². The summed E-state index contributed by atoms with van der Waals surface area (Å²) in [5.41, 5.74) is 0. The highest BCUT2D eigenvalue weighted by atomic mass is 16.1. The lowest BCUT2D eigenvalue weighted by Gasteiger charge is -2.01. The van der Waals surface area contributed by atoms with Crippen molar-refractivity contribution in [1.29, 1.82) is 0 Å². The number of ketones is 2. The molecule has 0 aliphatic heterocycles. The zero-order chi connectivity index (χ0) is 7.56. The molecule has 0 saturated heterocycles. The molecule has 1 fully saturated rings. The molecular formula is C8H12O2. The van der Waals surface area contributed by atoms with Crippen LogP contribution in [0.1, 0.15) is 32.6 Å². The van der Waals surface area contributed by atoms with Crippen molar-refractivity contribution in [3.05, 3.63) is 0 Å². The summed E-state index contributed by atoms with van der Waals surface area (Å²) >= 11 is 0. The van der Waals surface area contributed by atoms with Crippen molar-refractivity contribution in [2.24, 2.45) is 5.92 Å². The van der Waals surface area contributed by atoms with Gasteiger partial charge in [-0.2, -0.15) is 0 Å². The Morgan fingerprint density at radius 3 is 2.80 bits per heavy atom. The Balaban J connectivity index is 2.44. The van der Waals surface area contributed by atoms with Crippen LogP contribution in [0.2, 0.25) is 0 Å². The predicted molar refractivity (Wildman–Crippen MR) is 37.6 cm³/mol. The first-order chi connectivity index (χ1) is 4.74. The van der Waals surface area contributed by atoms with Crippen LogP contribution in [0.4, 0.5) is 0 Å². The first kappa shape index (κ1) is 7.45. The highest BCUT2D eigenvalue weighted by Gasteiger charge is 2.26. The van der Waals surface area contributed by atoms with Crippen molar-refractivity contribution in [1.82, 2.24) is 0 Å². The van der Waals surface area contributed by atoms with Crippen LogP contribution in [0.5, 0.6) is 0 Å². The van der Waals surface area contributed by atoms with E-state index in [4.69, 9.17) is 0 Å². The maximum Gasteiger partial charge on any atom is 0.136 e. The summed E-state index contributed by atoms with van der Waals surface area (Å²) in [6.45, 7) is 1.85. The van der Waals surface area contributed by atoms with E-state index in [2.05, 4.69) is 0 Å². The lowest BCUT2D eigenvalue weighted by Crippen LogP contribution is -2.09. The second kappa shape index (κ2) is 2.95. The summed E-state index contributed by atoms with van der Waals surface area (Å²) in [4.78, 5) is 21.7. The van der Waals surface area contributed by atoms with Crippen molar-refractivity contribution in [3.63, 3.8) is 0 Å². The van der Waals surface area contributed by atoms with E-state index in [1.807, 2.05) is 6.92 Å². The molecule has 0 bridgehead atoms. The van der Waals surface area contributed by atoms with Crippen LogP contribution in [0.15, 0.2) is 0 Å². The summed E-state index contributed by atoms with van der Waals surface area (Å²) in [7, 11) is 0. The molecule has 0 aromatic carbocycles. The normalized spacial score (nSPS) is 25.3. The van der Waals surface area contributed by atoms with E-state index < -0.39 is 0 Å². The number of carbonyl (C=O) groups excluding carboxylic acids is 2. The fourth-order valence-electron chi connectivity index (χ4n) is 1.38. The lowest BCUT2D eigenvalue weighted by molar-refractivity contribution is -0.124. The molecule has 2 nitrogen and oxygen atoms in total. The molecule has 56 valence electrons. The average Bonchev–Trinajstić information content (AvgIpc) is 2.34. The summed E-state index contributed by atoms with van der Waals surface area (Å²) < 4.78 is 0. The SMILES string of the molecule is CCC(=O)C1CCC(=O)C1. The van der Waals surface area contributed by atoms with Crippen LogP contribution in [-0.2, 0) is 9.59 Å². The van der Waals surface area contributed by atoms with Crippen LogP contribution in [-0.4, -0.2) is 11.6 Å². The molecule has 0 aromatic heterocycles. The van der Waals surface area contributed by atoms with Crippen molar-refractivity contribution in [3.8, 4) is 0 Å². The van der Waals surface area contributed by atoms with Crippen molar-refractivity contribution in [2.45, 2.75) is 32.6 Å².